The topological polar surface area (TPSA) is 32.8 Å². The average Bonchev–Trinajstić information content (AvgIpc) is 3.18. The molecule has 1 amide bonds. The van der Waals surface area contributed by atoms with Crippen molar-refractivity contribution < 1.29 is 18.3 Å². The summed E-state index contributed by atoms with van der Waals surface area (Å²) in [4.78, 5) is 16.3. The van der Waals surface area contributed by atoms with E-state index in [1.165, 1.54) is 6.07 Å². The zero-order chi connectivity index (χ0) is 17.3. The van der Waals surface area contributed by atoms with Crippen LogP contribution in [0.2, 0.25) is 0 Å². The number of rotatable bonds is 4. The Morgan fingerprint density at radius 1 is 1.38 bits per heavy atom. The van der Waals surface area contributed by atoms with Gasteiger partial charge in [-0.25, -0.2) is 8.78 Å². The van der Waals surface area contributed by atoms with Crippen LogP contribution in [0.25, 0.3) is 0 Å². The Bertz CT molecular complexity index is 617. The predicted octanol–water partition coefficient (Wildman–Crippen LogP) is 2.60. The molecule has 6 heteroatoms. The zero-order valence-electron chi connectivity index (χ0n) is 14.2. The lowest BCUT2D eigenvalue weighted by atomic mass is 9.87. The third-order valence-electron chi connectivity index (χ3n) is 5.46. The van der Waals surface area contributed by atoms with Crippen LogP contribution in [0, 0.1) is 17.0 Å². The molecule has 1 aromatic carbocycles. The molecule has 0 aliphatic carbocycles. The highest BCUT2D eigenvalue weighted by molar-refractivity contribution is 5.78. The number of hydrogen-bond acceptors (Lipinski definition) is 3. The Labute approximate surface area is 141 Å². The molecule has 4 nitrogen and oxygen atoms in total. The van der Waals surface area contributed by atoms with Crippen molar-refractivity contribution in [2.45, 2.75) is 25.8 Å². The molecule has 2 atom stereocenters. The predicted molar refractivity (Wildman–Crippen MR) is 86.5 cm³/mol. The summed E-state index contributed by atoms with van der Waals surface area (Å²) in [6, 6.07) is 3.47. The van der Waals surface area contributed by atoms with Gasteiger partial charge in [-0.15, -0.1) is 0 Å². The fraction of sp³-hybridized carbons (Fsp3) is 0.611. The Morgan fingerprint density at radius 3 is 2.83 bits per heavy atom. The number of nitrogens with zero attached hydrogens (tertiary/aromatic N) is 2. The molecule has 132 valence electrons. The third-order valence-corrected chi connectivity index (χ3v) is 5.46. The number of amides is 1. The molecule has 0 radical (unpaired) electrons. The molecule has 1 aromatic rings. The van der Waals surface area contributed by atoms with Gasteiger partial charge in [0.05, 0.1) is 19.2 Å². The van der Waals surface area contributed by atoms with Gasteiger partial charge in [-0.3, -0.25) is 9.69 Å². The van der Waals surface area contributed by atoms with E-state index in [0.717, 1.165) is 51.3 Å². The highest BCUT2D eigenvalue weighted by Crippen LogP contribution is 2.38. The maximum Gasteiger partial charge on any atom is 0.236 e. The minimum absolute atomic E-state index is 0.0109. The number of halogens is 2. The number of carbonyl (C=O) groups excluding carboxylic acids is 1. The molecule has 24 heavy (non-hydrogen) atoms. The van der Waals surface area contributed by atoms with Crippen molar-refractivity contribution in [3.05, 3.63) is 35.4 Å². The van der Waals surface area contributed by atoms with E-state index in [2.05, 4.69) is 4.90 Å². The molecular formula is C18H24F2N2O2. The number of benzene rings is 1. The molecule has 0 aromatic heterocycles. The Balaban J connectivity index is 1.59. The summed E-state index contributed by atoms with van der Waals surface area (Å²) in [6.45, 7) is 5.58. The number of carbonyl (C=O) groups is 1. The van der Waals surface area contributed by atoms with Gasteiger partial charge >= 0.3 is 0 Å². The van der Waals surface area contributed by atoms with Crippen LogP contribution in [0.1, 0.15) is 31.4 Å². The quantitative estimate of drug-likeness (QED) is 0.846. The van der Waals surface area contributed by atoms with Gasteiger partial charge in [-0.1, -0.05) is 6.07 Å². The molecule has 2 aliphatic rings. The van der Waals surface area contributed by atoms with Crippen LogP contribution in [0.3, 0.4) is 0 Å². The summed E-state index contributed by atoms with van der Waals surface area (Å²) in [5.41, 5.74) is 0.816. The number of likely N-dealkylation sites (N-methyl/N-ethyl adjacent to an activating group) is 1. The van der Waals surface area contributed by atoms with Crippen molar-refractivity contribution in [3.63, 3.8) is 0 Å². The first kappa shape index (κ1) is 17.3. The molecule has 0 unspecified atom stereocenters. The van der Waals surface area contributed by atoms with Crippen molar-refractivity contribution in [1.29, 1.82) is 0 Å². The van der Waals surface area contributed by atoms with Crippen molar-refractivity contribution in [2.24, 2.45) is 5.41 Å². The van der Waals surface area contributed by atoms with Crippen LogP contribution < -0.4 is 0 Å². The molecule has 1 spiro atoms. The van der Waals surface area contributed by atoms with Crippen molar-refractivity contribution in [3.8, 4) is 0 Å². The zero-order valence-corrected chi connectivity index (χ0v) is 14.2. The van der Waals surface area contributed by atoms with E-state index in [-0.39, 0.29) is 17.4 Å². The lowest BCUT2D eigenvalue weighted by molar-refractivity contribution is -0.132. The van der Waals surface area contributed by atoms with Gasteiger partial charge in [0, 0.05) is 25.6 Å². The maximum atomic E-state index is 13.4. The van der Waals surface area contributed by atoms with Crippen LogP contribution in [0.5, 0.6) is 0 Å². The fourth-order valence-corrected chi connectivity index (χ4v) is 3.65. The van der Waals surface area contributed by atoms with Crippen LogP contribution in [0.4, 0.5) is 8.78 Å². The van der Waals surface area contributed by atoms with Crippen LogP contribution in [0.15, 0.2) is 18.2 Å². The van der Waals surface area contributed by atoms with E-state index in [1.54, 1.807) is 11.9 Å². The van der Waals surface area contributed by atoms with Crippen molar-refractivity contribution in [2.75, 3.05) is 39.9 Å². The minimum atomic E-state index is -0.886. The number of likely N-dealkylation sites (tertiary alicyclic amines) is 1. The first-order chi connectivity index (χ1) is 11.4. The monoisotopic (exact) mass is 338 g/mol. The van der Waals surface area contributed by atoms with Gasteiger partial charge in [0.2, 0.25) is 5.91 Å². The summed E-state index contributed by atoms with van der Waals surface area (Å²) in [6.07, 6.45) is 2.14. The Morgan fingerprint density at radius 2 is 2.17 bits per heavy atom. The van der Waals surface area contributed by atoms with E-state index in [9.17, 15) is 13.6 Å². The average molecular weight is 338 g/mol. The molecule has 0 N–H and O–H groups in total. The largest absolute Gasteiger partial charge is 0.381 e. The molecule has 2 saturated heterocycles. The van der Waals surface area contributed by atoms with Gasteiger partial charge < -0.3 is 9.64 Å². The van der Waals surface area contributed by atoms with E-state index in [0.29, 0.717) is 12.1 Å². The van der Waals surface area contributed by atoms with Crippen LogP contribution >= 0.6 is 0 Å². The normalized spacial score (nSPS) is 25.3. The van der Waals surface area contributed by atoms with Gasteiger partial charge in [-0.2, -0.15) is 0 Å². The summed E-state index contributed by atoms with van der Waals surface area (Å²) in [5, 5.41) is 0. The SMILES string of the molecule is C[C@H](c1ccc(F)c(F)c1)N(C)C(=O)CN1CC[C@@]2(CCOC2)C1. The second-order valence-electron chi connectivity index (χ2n) is 7.12. The smallest absolute Gasteiger partial charge is 0.236 e. The molecular weight excluding hydrogens is 314 g/mol. The van der Waals surface area contributed by atoms with E-state index in [1.807, 2.05) is 6.92 Å². The second-order valence-corrected chi connectivity index (χ2v) is 7.12. The van der Waals surface area contributed by atoms with Gasteiger partial charge in [-0.05, 0) is 44.0 Å². The van der Waals surface area contributed by atoms with Crippen molar-refractivity contribution >= 4 is 5.91 Å². The summed E-state index contributed by atoms with van der Waals surface area (Å²) >= 11 is 0. The highest BCUT2D eigenvalue weighted by atomic mass is 19.2. The van der Waals surface area contributed by atoms with Crippen molar-refractivity contribution in [1.82, 2.24) is 9.80 Å². The van der Waals surface area contributed by atoms with Crippen LogP contribution in [-0.4, -0.2) is 55.6 Å². The Hall–Kier alpha value is -1.53. The van der Waals surface area contributed by atoms with Crippen LogP contribution in [-0.2, 0) is 9.53 Å². The van der Waals surface area contributed by atoms with E-state index in [4.69, 9.17) is 4.74 Å². The number of hydrogen-bond donors (Lipinski definition) is 0. The summed E-state index contributed by atoms with van der Waals surface area (Å²) < 4.78 is 32.0. The third kappa shape index (κ3) is 3.44. The second kappa shape index (κ2) is 6.76. The standard InChI is InChI=1S/C18H24F2N2O2/c1-13(14-3-4-15(19)16(20)9-14)21(2)17(23)10-22-7-5-18(11-22)6-8-24-12-18/h3-4,9,13H,5-8,10-12H2,1-2H3/t13-,18-/m1/s1. The number of ether oxygens (including phenoxy) is 1. The summed E-state index contributed by atoms with van der Waals surface area (Å²) in [5.74, 6) is -1.77. The first-order valence-corrected chi connectivity index (χ1v) is 8.41. The summed E-state index contributed by atoms with van der Waals surface area (Å²) in [7, 11) is 1.71. The molecule has 0 saturated carbocycles. The fourth-order valence-electron chi connectivity index (χ4n) is 3.65. The van der Waals surface area contributed by atoms with Gasteiger partial charge in [0.1, 0.15) is 0 Å². The highest BCUT2D eigenvalue weighted by Gasteiger charge is 2.41. The maximum absolute atomic E-state index is 13.4. The molecule has 2 heterocycles. The Kier molecular flexibility index (Phi) is 4.88. The lowest BCUT2D eigenvalue weighted by Crippen LogP contribution is -2.39. The molecule has 3 rings (SSSR count). The van der Waals surface area contributed by atoms with Gasteiger partial charge in [0.15, 0.2) is 11.6 Å². The molecule has 0 bridgehead atoms. The minimum Gasteiger partial charge on any atom is -0.381 e. The molecule has 2 aliphatic heterocycles. The van der Waals surface area contributed by atoms with Gasteiger partial charge in [0.25, 0.3) is 0 Å². The lowest BCUT2D eigenvalue weighted by Gasteiger charge is -2.28. The first-order valence-electron chi connectivity index (χ1n) is 8.41. The van der Waals surface area contributed by atoms with E-state index < -0.39 is 11.6 Å². The van der Waals surface area contributed by atoms with E-state index >= 15 is 0 Å². The molecule has 2 fully saturated rings.